The average Bonchev–Trinajstić information content (AvgIpc) is 2.61. The molecule has 0 aliphatic carbocycles. The average molecular weight is 404 g/mol. The van der Waals surface area contributed by atoms with E-state index in [0.717, 1.165) is 17.9 Å². The number of hydrogen-bond acceptors (Lipinski definition) is 6. The molecule has 0 spiro atoms. The van der Waals surface area contributed by atoms with E-state index in [1.807, 2.05) is 39.0 Å². The Bertz CT molecular complexity index is 768. The maximum Gasteiger partial charge on any atom is 0.336 e. The molecule has 1 unspecified atom stereocenters. The first-order valence-corrected chi connectivity index (χ1v) is 10.5. The Morgan fingerprint density at radius 1 is 1.07 bits per heavy atom. The van der Waals surface area contributed by atoms with Gasteiger partial charge < -0.3 is 14.8 Å². The van der Waals surface area contributed by atoms with Crippen molar-refractivity contribution < 1.29 is 19.1 Å². The fourth-order valence-corrected chi connectivity index (χ4v) is 4.00. The number of thioether (sulfide) groups is 1. The third-order valence-corrected chi connectivity index (χ3v) is 5.46. The lowest BCUT2D eigenvalue weighted by molar-refractivity contribution is -0.143. The van der Waals surface area contributed by atoms with Gasteiger partial charge in [0, 0.05) is 28.0 Å². The number of hydrogen-bond donors (Lipinski definition) is 1. The second-order valence-corrected chi connectivity index (χ2v) is 8.20. The molecule has 1 atom stereocenters. The molecule has 2 rings (SSSR count). The summed E-state index contributed by atoms with van der Waals surface area (Å²) in [5.74, 6) is -0.290. The summed E-state index contributed by atoms with van der Waals surface area (Å²) in [6.07, 6.45) is 0.542. The molecule has 0 aromatic heterocycles. The van der Waals surface area contributed by atoms with Crippen molar-refractivity contribution in [3.63, 3.8) is 0 Å². The Balaban J connectivity index is 1.90. The largest absolute Gasteiger partial charge is 0.462 e. The molecule has 5 nitrogen and oxygen atoms in total. The molecule has 0 amide bonds. The highest BCUT2D eigenvalue weighted by molar-refractivity contribution is 7.99. The van der Waals surface area contributed by atoms with Crippen LogP contribution >= 0.6 is 11.8 Å². The van der Waals surface area contributed by atoms with Crippen LogP contribution in [0, 0.1) is 5.92 Å². The van der Waals surface area contributed by atoms with Crippen LogP contribution in [0.15, 0.2) is 57.8 Å². The van der Waals surface area contributed by atoms with Gasteiger partial charge in [0.2, 0.25) is 0 Å². The number of rotatable bonds is 8. The minimum absolute atomic E-state index is 0.218. The lowest BCUT2D eigenvalue weighted by Gasteiger charge is -2.28. The number of carbonyl (C=O) groups is 2. The van der Waals surface area contributed by atoms with Crippen molar-refractivity contribution in [1.29, 1.82) is 0 Å². The van der Waals surface area contributed by atoms with Crippen LogP contribution in [0.4, 0.5) is 0 Å². The molecule has 1 aromatic rings. The van der Waals surface area contributed by atoms with Gasteiger partial charge in [-0.25, -0.2) is 9.59 Å². The predicted octanol–water partition coefficient (Wildman–Crippen LogP) is 4.45. The Morgan fingerprint density at radius 2 is 1.68 bits per heavy atom. The number of carbonyl (C=O) groups excluding carboxylic acids is 2. The number of nitrogens with one attached hydrogen (secondary N) is 1. The summed E-state index contributed by atoms with van der Waals surface area (Å²) in [6.45, 7) is 9.44. The van der Waals surface area contributed by atoms with Gasteiger partial charge >= 0.3 is 11.9 Å². The fourth-order valence-electron chi connectivity index (χ4n) is 3.16. The van der Waals surface area contributed by atoms with E-state index in [9.17, 15) is 9.59 Å². The molecule has 6 heteroatoms. The molecule has 152 valence electrons. The fraction of sp³-hybridized carbons (Fsp3) is 0.455. The zero-order valence-corrected chi connectivity index (χ0v) is 18.0. The second kappa shape index (κ2) is 10.4. The van der Waals surface area contributed by atoms with Gasteiger partial charge in [-0.15, -0.1) is 11.8 Å². The van der Waals surface area contributed by atoms with Crippen LogP contribution in [-0.2, 0) is 19.1 Å². The van der Waals surface area contributed by atoms with E-state index < -0.39 is 5.97 Å². The number of ether oxygens (including phenoxy) is 2. The monoisotopic (exact) mass is 403 g/mol. The Labute approximate surface area is 171 Å². The van der Waals surface area contributed by atoms with Crippen molar-refractivity contribution >= 4 is 23.7 Å². The van der Waals surface area contributed by atoms with E-state index in [4.69, 9.17) is 9.47 Å². The highest BCUT2D eigenvalue weighted by Crippen LogP contribution is 2.31. The molecule has 0 fully saturated rings. The molecule has 0 bridgehead atoms. The SMILES string of the molecule is CC1=C(C(=O)OCCCSc2ccccc2)C(C)C(C(=O)OC(C)C)=C(C)N1. The maximum atomic E-state index is 12.6. The van der Waals surface area contributed by atoms with Crippen molar-refractivity contribution in [2.75, 3.05) is 12.4 Å². The third kappa shape index (κ3) is 5.89. The predicted molar refractivity (Wildman–Crippen MR) is 112 cm³/mol. The van der Waals surface area contributed by atoms with Crippen molar-refractivity contribution in [3.8, 4) is 0 Å². The highest BCUT2D eigenvalue weighted by atomic mass is 32.2. The van der Waals surface area contributed by atoms with Crippen LogP contribution in [0.1, 0.15) is 41.0 Å². The molecule has 1 aromatic carbocycles. The van der Waals surface area contributed by atoms with Crippen molar-refractivity contribution in [3.05, 3.63) is 52.9 Å². The van der Waals surface area contributed by atoms with Crippen LogP contribution in [0.5, 0.6) is 0 Å². The summed E-state index contributed by atoms with van der Waals surface area (Å²) < 4.78 is 10.8. The van der Waals surface area contributed by atoms with Gasteiger partial charge in [-0.3, -0.25) is 0 Å². The summed E-state index contributed by atoms with van der Waals surface area (Å²) in [6, 6.07) is 10.1. The van der Waals surface area contributed by atoms with Crippen LogP contribution in [-0.4, -0.2) is 30.4 Å². The normalized spacial score (nSPS) is 16.9. The second-order valence-electron chi connectivity index (χ2n) is 7.03. The Kier molecular flexibility index (Phi) is 8.18. The zero-order valence-electron chi connectivity index (χ0n) is 17.2. The van der Waals surface area contributed by atoms with Gasteiger partial charge in [-0.05, 0) is 46.2 Å². The van der Waals surface area contributed by atoms with Gasteiger partial charge in [0.25, 0.3) is 0 Å². The summed E-state index contributed by atoms with van der Waals surface area (Å²) in [7, 11) is 0. The minimum atomic E-state index is -0.399. The molecule has 0 saturated carbocycles. The summed E-state index contributed by atoms with van der Waals surface area (Å²) in [5.41, 5.74) is 2.39. The smallest absolute Gasteiger partial charge is 0.336 e. The van der Waals surface area contributed by atoms with E-state index in [0.29, 0.717) is 23.5 Å². The third-order valence-electron chi connectivity index (χ3n) is 4.37. The molecular weight excluding hydrogens is 374 g/mol. The Hall–Kier alpha value is -2.21. The molecule has 1 N–H and O–H groups in total. The van der Waals surface area contributed by atoms with Gasteiger partial charge in [0.05, 0.1) is 23.9 Å². The van der Waals surface area contributed by atoms with Crippen molar-refractivity contribution in [2.24, 2.45) is 5.92 Å². The van der Waals surface area contributed by atoms with Crippen LogP contribution in [0.3, 0.4) is 0 Å². The number of allylic oxidation sites excluding steroid dienone is 2. The summed E-state index contributed by atoms with van der Waals surface area (Å²) in [5, 5.41) is 3.12. The lowest BCUT2D eigenvalue weighted by Crippen LogP contribution is -2.33. The van der Waals surface area contributed by atoms with Crippen LogP contribution in [0.2, 0.25) is 0 Å². The van der Waals surface area contributed by atoms with Gasteiger partial charge in [0.1, 0.15) is 0 Å². The standard InChI is InChI=1S/C22H29NO4S/c1-14(2)27-22(25)20-15(3)19(16(4)23-17(20)5)21(24)26-12-9-13-28-18-10-7-6-8-11-18/h6-8,10-11,14-15,23H,9,12-13H2,1-5H3. The van der Waals surface area contributed by atoms with E-state index in [-0.39, 0.29) is 18.0 Å². The number of benzene rings is 1. The van der Waals surface area contributed by atoms with Crippen molar-refractivity contribution in [2.45, 2.75) is 52.0 Å². The lowest BCUT2D eigenvalue weighted by atomic mass is 9.87. The van der Waals surface area contributed by atoms with Gasteiger partial charge in [0.15, 0.2) is 0 Å². The molecule has 0 saturated heterocycles. The topological polar surface area (TPSA) is 64.6 Å². The summed E-state index contributed by atoms with van der Waals surface area (Å²) >= 11 is 1.73. The maximum absolute atomic E-state index is 12.6. The summed E-state index contributed by atoms with van der Waals surface area (Å²) in [4.78, 5) is 26.3. The van der Waals surface area contributed by atoms with Gasteiger partial charge in [-0.1, -0.05) is 25.1 Å². The first-order valence-electron chi connectivity index (χ1n) is 9.55. The number of esters is 2. The quantitative estimate of drug-likeness (QED) is 0.393. The van der Waals surface area contributed by atoms with Crippen molar-refractivity contribution in [1.82, 2.24) is 5.32 Å². The number of dihydropyridines is 1. The first kappa shape index (κ1) is 22.1. The van der Waals surface area contributed by atoms with Crippen LogP contribution < -0.4 is 5.32 Å². The van der Waals surface area contributed by atoms with E-state index in [1.54, 1.807) is 25.6 Å². The molecular formula is C22H29NO4S. The molecule has 1 heterocycles. The van der Waals surface area contributed by atoms with E-state index >= 15 is 0 Å². The van der Waals surface area contributed by atoms with Crippen LogP contribution in [0.25, 0.3) is 0 Å². The van der Waals surface area contributed by atoms with E-state index in [2.05, 4.69) is 17.4 Å². The molecule has 0 radical (unpaired) electrons. The molecule has 1 aliphatic rings. The zero-order chi connectivity index (χ0) is 20.7. The molecule has 28 heavy (non-hydrogen) atoms. The minimum Gasteiger partial charge on any atom is -0.462 e. The highest BCUT2D eigenvalue weighted by Gasteiger charge is 2.34. The van der Waals surface area contributed by atoms with Gasteiger partial charge in [-0.2, -0.15) is 0 Å². The molecule has 1 aliphatic heterocycles. The van der Waals surface area contributed by atoms with E-state index in [1.165, 1.54) is 4.90 Å². The first-order chi connectivity index (χ1) is 13.3. The Morgan fingerprint density at radius 3 is 2.29 bits per heavy atom.